The Kier molecular flexibility index (Phi) is 4.95. The van der Waals surface area contributed by atoms with Gasteiger partial charge in [0.1, 0.15) is 5.82 Å². The SMILES string of the molecule is CCOC1CCCN(C(=O)c2cc(N)nc(CC)c2)C1. The van der Waals surface area contributed by atoms with E-state index in [1.165, 1.54) is 0 Å². The van der Waals surface area contributed by atoms with Crippen LogP contribution in [0.25, 0.3) is 0 Å². The largest absolute Gasteiger partial charge is 0.384 e. The highest BCUT2D eigenvalue weighted by molar-refractivity contribution is 5.95. The Labute approximate surface area is 120 Å². The first-order valence-electron chi connectivity index (χ1n) is 7.31. The summed E-state index contributed by atoms with van der Waals surface area (Å²) < 4.78 is 5.64. The molecule has 1 saturated heterocycles. The molecule has 20 heavy (non-hydrogen) atoms. The maximum absolute atomic E-state index is 12.6. The minimum absolute atomic E-state index is 0.0261. The van der Waals surface area contributed by atoms with Gasteiger partial charge in [-0.1, -0.05) is 6.92 Å². The number of piperidine rings is 1. The van der Waals surface area contributed by atoms with Crippen LogP contribution in [-0.2, 0) is 11.2 Å². The summed E-state index contributed by atoms with van der Waals surface area (Å²) >= 11 is 0. The Balaban J connectivity index is 2.12. The second kappa shape index (κ2) is 6.70. The number of pyridine rings is 1. The Morgan fingerprint density at radius 1 is 1.50 bits per heavy atom. The molecule has 2 N–H and O–H groups in total. The number of likely N-dealkylation sites (tertiary alicyclic amines) is 1. The Bertz CT molecular complexity index is 474. The van der Waals surface area contributed by atoms with E-state index in [2.05, 4.69) is 4.98 Å². The summed E-state index contributed by atoms with van der Waals surface area (Å²) in [7, 11) is 0. The highest BCUT2D eigenvalue weighted by Gasteiger charge is 2.25. The zero-order valence-electron chi connectivity index (χ0n) is 12.3. The van der Waals surface area contributed by atoms with Gasteiger partial charge < -0.3 is 15.4 Å². The third-order valence-corrected chi connectivity index (χ3v) is 3.58. The molecule has 110 valence electrons. The van der Waals surface area contributed by atoms with E-state index >= 15 is 0 Å². The van der Waals surface area contributed by atoms with Crippen molar-refractivity contribution in [1.29, 1.82) is 0 Å². The number of nitrogens with two attached hydrogens (primary N) is 1. The lowest BCUT2D eigenvalue weighted by atomic mass is 10.1. The second-order valence-corrected chi connectivity index (χ2v) is 5.10. The zero-order chi connectivity index (χ0) is 14.5. The lowest BCUT2D eigenvalue weighted by Crippen LogP contribution is -2.43. The van der Waals surface area contributed by atoms with Crippen LogP contribution in [0.1, 0.15) is 42.7 Å². The molecular weight excluding hydrogens is 254 g/mol. The molecule has 1 amide bonds. The van der Waals surface area contributed by atoms with Crippen LogP contribution < -0.4 is 5.73 Å². The van der Waals surface area contributed by atoms with Gasteiger partial charge in [-0.3, -0.25) is 4.79 Å². The lowest BCUT2D eigenvalue weighted by molar-refractivity contribution is 0.00724. The summed E-state index contributed by atoms with van der Waals surface area (Å²) in [6.07, 6.45) is 2.93. The molecular formula is C15H23N3O2. The van der Waals surface area contributed by atoms with Gasteiger partial charge in [-0.15, -0.1) is 0 Å². The third-order valence-electron chi connectivity index (χ3n) is 3.58. The summed E-state index contributed by atoms with van der Waals surface area (Å²) in [6.45, 7) is 6.12. The number of ether oxygens (including phenoxy) is 1. The van der Waals surface area contributed by atoms with Crippen LogP contribution >= 0.6 is 0 Å². The monoisotopic (exact) mass is 277 g/mol. The number of carbonyl (C=O) groups is 1. The van der Waals surface area contributed by atoms with E-state index in [4.69, 9.17) is 10.5 Å². The number of nitrogen functional groups attached to an aromatic ring is 1. The van der Waals surface area contributed by atoms with Gasteiger partial charge >= 0.3 is 0 Å². The van der Waals surface area contributed by atoms with Crippen LogP contribution in [-0.4, -0.2) is 41.6 Å². The van der Waals surface area contributed by atoms with Crippen LogP contribution in [0.4, 0.5) is 5.82 Å². The van der Waals surface area contributed by atoms with Gasteiger partial charge in [0.15, 0.2) is 0 Å². The maximum atomic E-state index is 12.6. The van der Waals surface area contributed by atoms with Crippen molar-refractivity contribution < 1.29 is 9.53 Å². The van der Waals surface area contributed by atoms with E-state index in [1.807, 2.05) is 24.8 Å². The Morgan fingerprint density at radius 3 is 3.00 bits per heavy atom. The smallest absolute Gasteiger partial charge is 0.254 e. The molecule has 0 spiro atoms. The number of hydrogen-bond donors (Lipinski definition) is 1. The van der Waals surface area contributed by atoms with Crippen LogP contribution in [0, 0.1) is 0 Å². The number of carbonyl (C=O) groups excluding carboxylic acids is 1. The molecule has 2 rings (SSSR count). The average molecular weight is 277 g/mol. The maximum Gasteiger partial charge on any atom is 0.254 e. The van der Waals surface area contributed by atoms with Crippen LogP contribution in [0.15, 0.2) is 12.1 Å². The molecule has 1 aromatic rings. The van der Waals surface area contributed by atoms with Crippen molar-refractivity contribution in [2.45, 2.75) is 39.2 Å². The van der Waals surface area contributed by atoms with E-state index in [0.29, 0.717) is 24.5 Å². The fourth-order valence-corrected chi connectivity index (χ4v) is 2.59. The number of hydrogen-bond acceptors (Lipinski definition) is 4. The summed E-state index contributed by atoms with van der Waals surface area (Å²) in [4.78, 5) is 18.6. The van der Waals surface area contributed by atoms with Gasteiger partial charge in [0, 0.05) is 31.0 Å². The molecule has 1 aliphatic rings. The number of nitrogens with zero attached hydrogens (tertiary/aromatic N) is 2. The number of aromatic nitrogens is 1. The summed E-state index contributed by atoms with van der Waals surface area (Å²) in [6, 6.07) is 3.49. The highest BCUT2D eigenvalue weighted by Crippen LogP contribution is 2.17. The minimum atomic E-state index is 0.0261. The third kappa shape index (κ3) is 3.48. The van der Waals surface area contributed by atoms with Gasteiger partial charge in [0.25, 0.3) is 5.91 Å². The molecule has 1 aromatic heterocycles. The molecule has 1 fully saturated rings. The van der Waals surface area contributed by atoms with Gasteiger partial charge in [-0.05, 0) is 38.3 Å². The van der Waals surface area contributed by atoms with E-state index in [9.17, 15) is 4.79 Å². The first-order chi connectivity index (χ1) is 9.63. The van der Waals surface area contributed by atoms with Gasteiger partial charge in [-0.2, -0.15) is 0 Å². The summed E-state index contributed by atoms with van der Waals surface area (Å²) in [5, 5.41) is 0. The quantitative estimate of drug-likeness (QED) is 0.912. The van der Waals surface area contributed by atoms with Crippen molar-refractivity contribution in [3.63, 3.8) is 0 Å². The Hall–Kier alpha value is -1.62. The average Bonchev–Trinajstić information content (AvgIpc) is 2.46. The van der Waals surface area contributed by atoms with Gasteiger partial charge in [-0.25, -0.2) is 4.98 Å². The van der Waals surface area contributed by atoms with Crippen molar-refractivity contribution >= 4 is 11.7 Å². The number of aryl methyl sites for hydroxylation is 1. The summed E-state index contributed by atoms with van der Waals surface area (Å²) in [5.41, 5.74) is 7.26. The normalized spacial score (nSPS) is 19.1. The predicted octanol–water partition coefficient (Wildman–Crippen LogP) is 1.87. The number of anilines is 1. The molecule has 2 heterocycles. The molecule has 0 saturated carbocycles. The molecule has 5 nitrogen and oxygen atoms in total. The highest BCUT2D eigenvalue weighted by atomic mass is 16.5. The van der Waals surface area contributed by atoms with Crippen molar-refractivity contribution in [3.8, 4) is 0 Å². The van der Waals surface area contributed by atoms with E-state index in [1.54, 1.807) is 6.07 Å². The fraction of sp³-hybridized carbons (Fsp3) is 0.600. The number of rotatable bonds is 4. The van der Waals surface area contributed by atoms with Crippen LogP contribution in [0.3, 0.4) is 0 Å². The van der Waals surface area contributed by atoms with Gasteiger partial charge in [0.05, 0.1) is 6.10 Å². The van der Waals surface area contributed by atoms with Crippen molar-refractivity contribution in [2.24, 2.45) is 0 Å². The standard InChI is InChI=1S/C15H23N3O2/c1-3-12-8-11(9-14(16)17-12)15(19)18-7-5-6-13(10-18)20-4-2/h8-9,13H,3-7,10H2,1-2H3,(H2,16,17). The van der Waals surface area contributed by atoms with Crippen molar-refractivity contribution in [1.82, 2.24) is 9.88 Å². The van der Waals surface area contributed by atoms with E-state index in [0.717, 1.165) is 31.5 Å². The first kappa shape index (κ1) is 14.8. The van der Waals surface area contributed by atoms with E-state index in [-0.39, 0.29) is 12.0 Å². The minimum Gasteiger partial charge on any atom is -0.384 e. The molecule has 1 aliphatic heterocycles. The van der Waals surface area contributed by atoms with Crippen molar-refractivity contribution in [3.05, 3.63) is 23.4 Å². The molecule has 1 unspecified atom stereocenters. The predicted molar refractivity (Wildman–Crippen MR) is 78.6 cm³/mol. The summed E-state index contributed by atoms with van der Waals surface area (Å²) in [5.74, 6) is 0.435. The molecule has 5 heteroatoms. The molecule has 1 atom stereocenters. The molecule has 0 radical (unpaired) electrons. The lowest BCUT2D eigenvalue weighted by Gasteiger charge is -2.32. The van der Waals surface area contributed by atoms with Gasteiger partial charge in [0.2, 0.25) is 0 Å². The van der Waals surface area contributed by atoms with Crippen molar-refractivity contribution in [2.75, 3.05) is 25.4 Å². The molecule has 0 aromatic carbocycles. The second-order valence-electron chi connectivity index (χ2n) is 5.10. The Morgan fingerprint density at radius 2 is 2.30 bits per heavy atom. The first-order valence-corrected chi connectivity index (χ1v) is 7.31. The fourth-order valence-electron chi connectivity index (χ4n) is 2.59. The molecule has 0 aliphatic carbocycles. The topological polar surface area (TPSA) is 68.5 Å². The van der Waals surface area contributed by atoms with E-state index < -0.39 is 0 Å². The molecule has 0 bridgehead atoms. The van der Waals surface area contributed by atoms with Crippen LogP contribution in [0.5, 0.6) is 0 Å². The number of amides is 1. The zero-order valence-corrected chi connectivity index (χ0v) is 12.3. The van der Waals surface area contributed by atoms with Crippen LogP contribution in [0.2, 0.25) is 0 Å².